The predicted octanol–water partition coefficient (Wildman–Crippen LogP) is 4.70. The van der Waals surface area contributed by atoms with Gasteiger partial charge >= 0.3 is 0 Å². The van der Waals surface area contributed by atoms with Crippen LogP contribution in [0, 0.1) is 0 Å². The number of benzene rings is 2. The lowest BCUT2D eigenvalue weighted by molar-refractivity contribution is 0.113. The topological polar surface area (TPSA) is 3.24 Å². The van der Waals surface area contributed by atoms with E-state index >= 15 is 0 Å². The van der Waals surface area contributed by atoms with Gasteiger partial charge in [-0.3, -0.25) is 4.90 Å². The highest BCUT2D eigenvalue weighted by Gasteiger charge is 2.40. The SMILES string of the molecule is CN1Cc2ccc(Cl)cc2C(c2ccccc2)C1(C)C. The van der Waals surface area contributed by atoms with Crippen LogP contribution in [0.1, 0.15) is 36.5 Å². The zero-order chi connectivity index (χ0) is 14.3. The third-order valence-electron chi connectivity index (χ3n) is 4.65. The first-order valence-electron chi connectivity index (χ1n) is 7.04. The first-order valence-corrected chi connectivity index (χ1v) is 7.42. The molecule has 2 aromatic rings. The van der Waals surface area contributed by atoms with Crippen LogP contribution in [0.15, 0.2) is 48.5 Å². The normalized spacial score (nSPS) is 21.5. The van der Waals surface area contributed by atoms with Crippen molar-refractivity contribution >= 4 is 11.6 Å². The van der Waals surface area contributed by atoms with Gasteiger partial charge in [0.1, 0.15) is 0 Å². The number of fused-ring (bicyclic) bond motifs is 1. The molecule has 2 aromatic carbocycles. The summed E-state index contributed by atoms with van der Waals surface area (Å²) in [5, 5.41) is 0.824. The summed E-state index contributed by atoms with van der Waals surface area (Å²) in [5.74, 6) is 0.344. The summed E-state index contributed by atoms with van der Waals surface area (Å²) in [5.41, 5.74) is 4.17. The number of hydrogen-bond donors (Lipinski definition) is 0. The van der Waals surface area contributed by atoms with Crippen molar-refractivity contribution in [3.05, 3.63) is 70.2 Å². The Kier molecular flexibility index (Phi) is 3.35. The van der Waals surface area contributed by atoms with Crippen LogP contribution in [0.5, 0.6) is 0 Å². The average molecular weight is 286 g/mol. The summed E-state index contributed by atoms with van der Waals surface area (Å²) in [6.45, 7) is 5.60. The maximum absolute atomic E-state index is 6.25. The van der Waals surface area contributed by atoms with Gasteiger partial charge in [0.25, 0.3) is 0 Å². The fourth-order valence-corrected chi connectivity index (χ4v) is 3.45. The van der Waals surface area contributed by atoms with E-state index in [1.165, 1.54) is 16.7 Å². The smallest absolute Gasteiger partial charge is 0.0409 e. The van der Waals surface area contributed by atoms with Crippen molar-refractivity contribution in [2.75, 3.05) is 7.05 Å². The lowest BCUT2D eigenvalue weighted by Gasteiger charge is -2.47. The molecule has 1 heterocycles. The summed E-state index contributed by atoms with van der Waals surface area (Å²) in [6.07, 6.45) is 0. The van der Waals surface area contributed by atoms with E-state index in [9.17, 15) is 0 Å². The van der Waals surface area contributed by atoms with E-state index in [0.29, 0.717) is 5.92 Å². The molecule has 0 saturated heterocycles. The molecule has 0 fully saturated rings. The van der Waals surface area contributed by atoms with Gasteiger partial charge in [0.2, 0.25) is 0 Å². The second kappa shape index (κ2) is 4.91. The van der Waals surface area contributed by atoms with E-state index in [4.69, 9.17) is 11.6 Å². The molecular formula is C18H20ClN. The van der Waals surface area contributed by atoms with Gasteiger partial charge in [0.15, 0.2) is 0 Å². The van der Waals surface area contributed by atoms with Crippen molar-refractivity contribution in [3.8, 4) is 0 Å². The Morgan fingerprint density at radius 1 is 1.10 bits per heavy atom. The molecule has 1 aliphatic rings. The van der Waals surface area contributed by atoms with E-state index in [-0.39, 0.29) is 5.54 Å². The Bertz CT molecular complexity index is 619. The summed E-state index contributed by atoms with van der Waals surface area (Å²) in [7, 11) is 2.20. The maximum atomic E-state index is 6.25. The van der Waals surface area contributed by atoms with Gasteiger partial charge in [0, 0.05) is 23.0 Å². The van der Waals surface area contributed by atoms with Crippen molar-refractivity contribution in [2.24, 2.45) is 0 Å². The number of rotatable bonds is 1. The molecule has 3 rings (SSSR count). The van der Waals surface area contributed by atoms with E-state index in [1.54, 1.807) is 0 Å². The first kappa shape index (κ1) is 13.7. The molecule has 1 nitrogen and oxygen atoms in total. The molecule has 0 saturated carbocycles. The maximum Gasteiger partial charge on any atom is 0.0409 e. The third kappa shape index (κ3) is 2.15. The van der Waals surface area contributed by atoms with Crippen molar-refractivity contribution in [1.29, 1.82) is 0 Å². The van der Waals surface area contributed by atoms with Gasteiger partial charge in [-0.05, 0) is 49.7 Å². The van der Waals surface area contributed by atoms with Crippen LogP contribution in [0.25, 0.3) is 0 Å². The number of nitrogens with zero attached hydrogens (tertiary/aromatic N) is 1. The minimum Gasteiger partial charge on any atom is -0.296 e. The van der Waals surface area contributed by atoms with Crippen LogP contribution >= 0.6 is 11.6 Å². The summed E-state index contributed by atoms with van der Waals surface area (Å²) >= 11 is 6.25. The lowest BCUT2D eigenvalue weighted by Crippen LogP contribution is -2.49. The monoisotopic (exact) mass is 285 g/mol. The Morgan fingerprint density at radius 2 is 1.80 bits per heavy atom. The molecular weight excluding hydrogens is 266 g/mol. The van der Waals surface area contributed by atoms with Gasteiger partial charge < -0.3 is 0 Å². The molecule has 0 bridgehead atoms. The van der Waals surface area contributed by atoms with E-state index in [1.807, 2.05) is 6.07 Å². The molecule has 1 aliphatic heterocycles. The van der Waals surface area contributed by atoms with Crippen molar-refractivity contribution in [2.45, 2.75) is 31.8 Å². The predicted molar refractivity (Wildman–Crippen MR) is 85.3 cm³/mol. The fourth-order valence-electron chi connectivity index (χ4n) is 3.27. The van der Waals surface area contributed by atoms with Crippen LogP contribution < -0.4 is 0 Å². The zero-order valence-corrected chi connectivity index (χ0v) is 13.0. The minimum atomic E-state index is 0.0685. The Morgan fingerprint density at radius 3 is 2.50 bits per heavy atom. The number of halogens is 1. The van der Waals surface area contributed by atoms with E-state index < -0.39 is 0 Å². The van der Waals surface area contributed by atoms with Crippen LogP contribution in [0.2, 0.25) is 5.02 Å². The summed E-state index contributed by atoms with van der Waals surface area (Å²) < 4.78 is 0. The molecule has 0 N–H and O–H groups in total. The van der Waals surface area contributed by atoms with Gasteiger partial charge in [-0.2, -0.15) is 0 Å². The van der Waals surface area contributed by atoms with Crippen LogP contribution in [0.4, 0.5) is 0 Å². The minimum absolute atomic E-state index is 0.0685. The Balaban J connectivity index is 2.21. The second-order valence-corrected chi connectivity index (χ2v) is 6.63. The highest BCUT2D eigenvalue weighted by molar-refractivity contribution is 6.30. The van der Waals surface area contributed by atoms with Gasteiger partial charge in [-0.15, -0.1) is 0 Å². The van der Waals surface area contributed by atoms with Crippen LogP contribution in [-0.2, 0) is 6.54 Å². The van der Waals surface area contributed by atoms with Crippen LogP contribution in [-0.4, -0.2) is 17.5 Å². The number of likely N-dealkylation sites (N-methyl/N-ethyl adjacent to an activating group) is 1. The average Bonchev–Trinajstić information content (AvgIpc) is 2.41. The van der Waals surface area contributed by atoms with Gasteiger partial charge in [-0.25, -0.2) is 0 Å². The molecule has 2 heteroatoms. The van der Waals surface area contributed by atoms with Gasteiger partial charge in [-0.1, -0.05) is 48.0 Å². The third-order valence-corrected chi connectivity index (χ3v) is 4.88. The van der Waals surface area contributed by atoms with E-state index in [2.05, 4.69) is 68.3 Å². The molecule has 0 spiro atoms. The molecule has 1 unspecified atom stereocenters. The van der Waals surface area contributed by atoms with Crippen molar-refractivity contribution < 1.29 is 0 Å². The van der Waals surface area contributed by atoms with Crippen molar-refractivity contribution in [1.82, 2.24) is 4.90 Å². The lowest BCUT2D eigenvalue weighted by atomic mass is 9.72. The molecule has 1 atom stereocenters. The number of hydrogen-bond acceptors (Lipinski definition) is 1. The van der Waals surface area contributed by atoms with Gasteiger partial charge in [0.05, 0.1) is 0 Å². The molecule has 104 valence electrons. The Hall–Kier alpha value is -1.31. The van der Waals surface area contributed by atoms with E-state index in [0.717, 1.165) is 11.6 Å². The Labute approximate surface area is 126 Å². The molecule has 0 radical (unpaired) electrons. The highest BCUT2D eigenvalue weighted by atomic mass is 35.5. The molecule has 20 heavy (non-hydrogen) atoms. The quantitative estimate of drug-likeness (QED) is 0.734. The van der Waals surface area contributed by atoms with Crippen LogP contribution in [0.3, 0.4) is 0 Å². The largest absolute Gasteiger partial charge is 0.296 e. The molecule has 0 aliphatic carbocycles. The second-order valence-electron chi connectivity index (χ2n) is 6.20. The first-order chi connectivity index (χ1) is 9.50. The molecule has 0 aromatic heterocycles. The zero-order valence-electron chi connectivity index (χ0n) is 12.2. The standard InChI is InChI=1S/C18H20ClN/c1-18(2)17(13-7-5-4-6-8-13)16-11-15(19)10-9-14(16)12-20(18)3/h4-11,17H,12H2,1-3H3. The summed E-state index contributed by atoms with van der Waals surface area (Å²) in [6, 6.07) is 17.0. The molecule has 0 amide bonds. The fraction of sp³-hybridized carbons (Fsp3) is 0.333. The van der Waals surface area contributed by atoms with Crippen molar-refractivity contribution in [3.63, 3.8) is 0 Å². The summed E-state index contributed by atoms with van der Waals surface area (Å²) in [4.78, 5) is 2.43. The highest BCUT2D eigenvalue weighted by Crippen LogP contribution is 2.44.